The van der Waals surface area contributed by atoms with Gasteiger partial charge in [0.15, 0.2) is 5.69 Å². The first kappa shape index (κ1) is 16.1. The minimum atomic E-state index is -0.563. The number of hydrogen-bond donors (Lipinski definition) is 2. The van der Waals surface area contributed by atoms with Crippen LogP contribution in [0, 0.1) is 0 Å². The molecule has 1 aromatic heterocycles. The molecule has 0 radical (unpaired) electrons. The summed E-state index contributed by atoms with van der Waals surface area (Å²) in [5, 5.41) is 10.6. The van der Waals surface area contributed by atoms with E-state index in [2.05, 4.69) is 15.6 Å². The SMILES string of the molecule is CCNC(=O)[C@@H]1C[C@@H](N)CN1C(=O)c1cnnn1-c1ccccc1. The molecule has 0 bridgehead atoms. The molecule has 1 saturated heterocycles. The number of amides is 2. The average molecular weight is 328 g/mol. The van der Waals surface area contributed by atoms with Crippen molar-refractivity contribution in [2.75, 3.05) is 13.1 Å². The van der Waals surface area contributed by atoms with Gasteiger partial charge in [-0.1, -0.05) is 23.4 Å². The van der Waals surface area contributed by atoms with E-state index in [-0.39, 0.29) is 17.9 Å². The molecule has 3 rings (SSSR count). The van der Waals surface area contributed by atoms with Gasteiger partial charge in [-0.25, -0.2) is 4.68 Å². The average Bonchev–Trinajstić information content (AvgIpc) is 3.22. The Balaban J connectivity index is 1.89. The second-order valence-corrected chi connectivity index (χ2v) is 5.73. The zero-order valence-corrected chi connectivity index (χ0v) is 13.4. The lowest BCUT2D eigenvalue weighted by molar-refractivity contribution is -0.124. The molecule has 1 aliphatic rings. The number of nitrogens with zero attached hydrogens (tertiary/aromatic N) is 4. The third-order valence-corrected chi connectivity index (χ3v) is 4.02. The van der Waals surface area contributed by atoms with Crippen LogP contribution in [0.4, 0.5) is 0 Å². The Labute approximate surface area is 139 Å². The van der Waals surface area contributed by atoms with E-state index in [9.17, 15) is 9.59 Å². The fourth-order valence-corrected chi connectivity index (χ4v) is 2.92. The van der Waals surface area contributed by atoms with Gasteiger partial charge in [-0.2, -0.15) is 0 Å². The Kier molecular flexibility index (Phi) is 4.57. The third kappa shape index (κ3) is 3.00. The standard InChI is InChI=1S/C16H20N6O2/c1-2-18-15(23)13-8-11(17)10-21(13)16(24)14-9-19-20-22(14)12-6-4-3-5-7-12/h3-7,9,11,13H,2,8,10,17H2,1H3,(H,18,23)/t11-,13+/m1/s1. The maximum atomic E-state index is 13.0. The molecule has 0 spiro atoms. The molecule has 2 atom stereocenters. The Morgan fingerprint density at radius 2 is 2.08 bits per heavy atom. The van der Waals surface area contributed by atoms with Gasteiger partial charge in [-0.3, -0.25) is 9.59 Å². The molecule has 1 fully saturated rings. The molecule has 3 N–H and O–H groups in total. The molecule has 2 aromatic rings. The molecule has 2 heterocycles. The minimum Gasteiger partial charge on any atom is -0.355 e. The number of likely N-dealkylation sites (N-methyl/N-ethyl adjacent to an activating group) is 1. The van der Waals surface area contributed by atoms with Gasteiger partial charge in [0, 0.05) is 19.1 Å². The highest BCUT2D eigenvalue weighted by atomic mass is 16.2. The smallest absolute Gasteiger partial charge is 0.275 e. The summed E-state index contributed by atoms with van der Waals surface area (Å²) < 4.78 is 1.47. The fraction of sp³-hybridized carbons (Fsp3) is 0.375. The van der Waals surface area contributed by atoms with Crippen molar-refractivity contribution in [3.8, 4) is 5.69 Å². The number of likely N-dealkylation sites (tertiary alicyclic amines) is 1. The highest BCUT2D eigenvalue weighted by Gasteiger charge is 2.39. The largest absolute Gasteiger partial charge is 0.355 e. The van der Waals surface area contributed by atoms with Crippen LogP contribution in [-0.2, 0) is 4.79 Å². The Morgan fingerprint density at radius 1 is 1.33 bits per heavy atom. The van der Waals surface area contributed by atoms with Crippen LogP contribution in [0.2, 0.25) is 0 Å². The summed E-state index contributed by atoms with van der Waals surface area (Å²) in [4.78, 5) is 26.7. The van der Waals surface area contributed by atoms with Crippen molar-refractivity contribution in [3.05, 3.63) is 42.2 Å². The van der Waals surface area contributed by atoms with Crippen molar-refractivity contribution in [2.45, 2.75) is 25.4 Å². The van der Waals surface area contributed by atoms with Crippen molar-refractivity contribution in [3.63, 3.8) is 0 Å². The summed E-state index contributed by atoms with van der Waals surface area (Å²) >= 11 is 0. The van der Waals surface area contributed by atoms with Gasteiger partial charge < -0.3 is 16.0 Å². The van der Waals surface area contributed by atoms with E-state index in [1.54, 1.807) is 0 Å². The van der Waals surface area contributed by atoms with Crippen LogP contribution in [-0.4, -0.2) is 56.9 Å². The molecule has 1 aliphatic heterocycles. The predicted octanol–water partition coefficient (Wildman–Crippen LogP) is -0.0548. The van der Waals surface area contributed by atoms with Crippen LogP contribution in [0.3, 0.4) is 0 Å². The summed E-state index contributed by atoms with van der Waals surface area (Å²) in [7, 11) is 0. The fourth-order valence-electron chi connectivity index (χ4n) is 2.92. The molecule has 0 aliphatic carbocycles. The lowest BCUT2D eigenvalue weighted by atomic mass is 10.1. The molecule has 8 nitrogen and oxygen atoms in total. The van der Waals surface area contributed by atoms with Gasteiger partial charge in [-0.05, 0) is 25.5 Å². The van der Waals surface area contributed by atoms with Crippen molar-refractivity contribution < 1.29 is 9.59 Å². The van der Waals surface area contributed by atoms with Crippen LogP contribution < -0.4 is 11.1 Å². The molecule has 2 amide bonds. The second kappa shape index (κ2) is 6.79. The summed E-state index contributed by atoms with van der Waals surface area (Å²) in [6, 6.07) is 8.48. The number of carbonyl (C=O) groups is 2. The normalized spacial score (nSPS) is 20.2. The molecular formula is C16H20N6O2. The van der Waals surface area contributed by atoms with E-state index in [1.165, 1.54) is 15.8 Å². The molecule has 0 saturated carbocycles. The van der Waals surface area contributed by atoms with Gasteiger partial charge >= 0.3 is 0 Å². The van der Waals surface area contributed by atoms with Gasteiger partial charge in [0.05, 0.1) is 11.9 Å². The quantitative estimate of drug-likeness (QED) is 0.818. The van der Waals surface area contributed by atoms with Gasteiger partial charge in [0.2, 0.25) is 5.91 Å². The van der Waals surface area contributed by atoms with Crippen LogP contribution in [0.1, 0.15) is 23.8 Å². The Bertz CT molecular complexity index is 729. The van der Waals surface area contributed by atoms with Crippen LogP contribution in [0.15, 0.2) is 36.5 Å². The Hall–Kier alpha value is -2.74. The predicted molar refractivity (Wildman–Crippen MR) is 87.5 cm³/mol. The van der Waals surface area contributed by atoms with Crippen molar-refractivity contribution in [1.82, 2.24) is 25.2 Å². The number of carbonyl (C=O) groups excluding carboxylic acids is 2. The molecule has 24 heavy (non-hydrogen) atoms. The molecule has 126 valence electrons. The van der Waals surface area contributed by atoms with Gasteiger partial charge in [0.25, 0.3) is 5.91 Å². The summed E-state index contributed by atoms with van der Waals surface area (Å²) in [6.07, 6.45) is 1.86. The van der Waals surface area contributed by atoms with Crippen molar-refractivity contribution in [1.29, 1.82) is 0 Å². The molecular weight excluding hydrogens is 308 g/mol. The maximum absolute atomic E-state index is 13.0. The Morgan fingerprint density at radius 3 is 2.79 bits per heavy atom. The summed E-state index contributed by atoms with van der Waals surface area (Å²) in [5.74, 6) is -0.481. The topological polar surface area (TPSA) is 106 Å². The van der Waals surface area contributed by atoms with Crippen LogP contribution in [0.25, 0.3) is 5.69 Å². The van der Waals surface area contributed by atoms with Gasteiger partial charge in [-0.15, -0.1) is 5.10 Å². The maximum Gasteiger partial charge on any atom is 0.275 e. The van der Waals surface area contributed by atoms with E-state index in [1.807, 2.05) is 37.3 Å². The first-order valence-electron chi connectivity index (χ1n) is 7.92. The van der Waals surface area contributed by atoms with E-state index < -0.39 is 6.04 Å². The third-order valence-electron chi connectivity index (χ3n) is 4.02. The lowest BCUT2D eigenvalue weighted by Gasteiger charge is -2.23. The van der Waals surface area contributed by atoms with Crippen molar-refractivity contribution in [2.24, 2.45) is 5.73 Å². The van der Waals surface area contributed by atoms with E-state index in [0.29, 0.717) is 25.2 Å². The number of aromatic nitrogens is 3. The molecule has 0 unspecified atom stereocenters. The van der Waals surface area contributed by atoms with Crippen LogP contribution in [0.5, 0.6) is 0 Å². The van der Waals surface area contributed by atoms with Gasteiger partial charge in [0.1, 0.15) is 6.04 Å². The van der Waals surface area contributed by atoms with Crippen molar-refractivity contribution >= 4 is 11.8 Å². The lowest BCUT2D eigenvalue weighted by Crippen LogP contribution is -2.46. The highest BCUT2D eigenvalue weighted by Crippen LogP contribution is 2.20. The number of rotatable bonds is 4. The van der Waals surface area contributed by atoms with E-state index in [4.69, 9.17) is 5.73 Å². The highest BCUT2D eigenvalue weighted by molar-refractivity contribution is 5.97. The minimum absolute atomic E-state index is 0.183. The first-order valence-corrected chi connectivity index (χ1v) is 7.92. The monoisotopic (exact) mass is 328 g/mol. The number of benzene rings is 1. The number of hydrogen-bond acceptors (Lipinski definition) is 5. The summed E-state index contributed by atoms with van der Waals surface area (Å²) in [5.41, 5.74) is 7.02. The van der Waals surface area contributed by atoms with Crippen LogP contribution >= 0.6 is 0 Å². The number of para-hydroxylation sites is 1. The molecule has 8 heteroatoms. The number of nitrogens with one attached hydrogen (secondary N) is 1. The number of nitrogens with two attached hydrogens (primary N) is 1. The molecule has 1 aromatic carbocycles. The summed E-state index contributed by atoms with van der Waals surface area (Å²) in [6.45, 7) is 2.68. The zero-order chi connectivity index (χ0) is 17.1. The first-order chi connectivity index (χ1) is 11.6. The van der Waals surface area contributed by atoms with E-state index in [0.717, 1.165) is 5.69 Å². The zero-order valence-electron chi connectivity index (χ0n) is 13.4. The van der Waals surface area contributed by atoms with E-state index >= 15 is 0 Å². The second-order valence-electron chi connectivity index (χ2n) is 5.73.